The highest BCUT2D eigenvalue weighted by Gasteiger charge is 2.42. The molecule has 6 heteroatoms. The van der Waals surface area contributed by atoms with Crippen molar-refractivity contribution in [3.8, 4) is 0 Å². The summed E-state index contributed by atoms with van der Waals surface area (Å²) in [6.07, 6.45) is 3.84. The molecule has 5 nitrogen and oxygen atoms in total. The van der Waals surface area contributed by atoms with E-state index >= 15 is 0 Å². The molecule has 0 spiro atoms. The molecule has 2 aromatic carbocycles. The molecule has 4 rings (SSSR count). The molecular weight excluding hydrogens is 398 g/mol. The Bertz CT molecular complexity index is 1220. The number of rotatable bonds is 4. The molecule has 1 unspecified atom stereocenters. The molecule has 30 heavy (non-hydrogen) atoms. The number of amides is 1. The first-order valence-corrected chi connectivity index (χ1v) is 10.3. The Morgan fingerprint density at radius 2 is 2.07 bits per heavy atom. The lowest BCUT2D eigenvalue weighted by molar-refractivity contribution is -0.125. The zero-order valence-electron chi connectivity index (χ0n) is 17.1. The molecule has 1 fully saturated rings. The summed E-state index contributed by atoms with van der Waals surface area (Å²) in [5, 5.41) is 5.89. The number of benzene rings is 2. The van der Waals surface area contributed by atoms with Gasteiger partial charge < -0.3 is 14.8 Å². The fraction of sp³-hybridized carbons (Fsp3) is 0.250. The fourth-order valence-corrected chi connectivity index (χ4v) is 4.51. The van der Waals surface area contributed by atoms with Gasteiger partial charge in [-0.3, -0.25) is 9.59 Å². The lowest BCUT2D eigenvalue weighted by Gasteiger charge is -2.34. The number of fused-ring (bicyclic) bond motifs is 1. The van der Waals surface area contributed by atoms with Crippen LogP contribution in [0.2, 0.25) is 5.02 Å². The minimum Gasteiger partial charge on any atom is -0.374 e. The van der Waals surface area contributed by atoms with Crippen LogP contribution in [0.15, 0.2) is 66.1 Å². The van der Waals surface area contributed by atoms with E-state index in [1.165, 1.54) is 6.08 Å². The third-order valence-corrected chi connectivity index (χ3v) is 6.41. The topological polar surface area (TPSA) is 54.3 Å². The SMILES string of the molecule is C=CC(=O)N1CCC(Nc2ccc3ccn(C)c(=O)c3c2)(c2cccc(Cl)c2C)C1. The Balaban J connectivity index is 1.81. The predicted octanol–water partition coefficient (Wildman–Crippen LogP) is 4.23. The molecule has 1 amide bonds. The van der Waals surface area contributed by atoms with Crippen LogP contribution in [0.3, 0.4) is 0 Å². The largest absolute Gasteiger partial charge is 0.374 e. The van der Waals surface area contributed by atoms with Crippen LogP contribution in [0.25, 0.3) is 10.8 Å². The maximum atomic E-state index is 12.6. The van der Waals surface area contributed by atoms with E-state index in [1.54, 1.807) is 22.7 Å². The van der Waals surface area contributed by atoms with Crippen LogP contribution in [-0.2, 0) is 17.4 Å². The average molecular weight is 422 g/mol. The number of aromatic nitrogens is 1. The van der Waals surface area contributed by atoms with Gasteiger partial charge >= 0.3 is 0 Å². The first-order valence-electron chi connectivity index (χ1n) is 9.89. The molecule has 0 saturated carbocycles. The number of hydrogen-bond donors (Lipinski definition) is 1. The molecule has 1 atom stereocenters. The molecule has 154 valence electrons. The number of aryl methyl sites for hydroxylation is 1. The number of likely N-dealkylation sites (tertiary alicyclic amines) is 1. The number of carbonyl (C=O) groups is 1. The maximum Gasteiger partial charge on any atom is 0.258 e. The van der Waals surface area contributed by atoms with E-state index in [1.807, 2.05) is 43.3 Å². The standard InChI is InChI=1S/C24H24ClN3O2/c1-4-22(29)28-13-11-24(15-28,20-6-5-7-21(25)16(20)2)26-18-9-8-17-10-12-27(3)23(30)19(17)14-18/h4-10,12,14,26H,1,11,13,15H2,2-3H3. The Labute approximate surface area is 180 Å². The van der Waals surface area contributed by atoms with Crippen LogP contribution in [0.1, 0.15) is 17.5 Å². The first-order chi connectivity index (χ1) is 14.3. The molecule has 1 saturated heterocycles. The van der Waals surface area contributed by atoms with Gasteiger partial charge in [0.05, 0.1) is 5.54 Å². The van der Waals surface area contributed by atoms with Crippen molar-refractivity contribution < 1.29 is 4.79 Å². The summed E-state index contributed by atoms with van der Waals surface area (Å²) < 4.78 is 1.57. The molecule has 0 bridgehead atoms. The second-order valence-corrected chi connectivity index (χ2v) is 8.27. The smallest absolute Gasteiger partial charge is 0.258 e. The summed E-state index contributed by atoms with van der Waals surface area (Å²) in [6.45, 7) is 6.72. The molecular formula is C24H24ClN3O2. The Hall–Kier alpha value is -3.05. The summed E-state index contributed by atoms with van der Waals surface area (Å²) in [5.74, 6) is -0.0919. The highest BCUT2D eigenvalue weighted by molar-refractivity contribution is 6.31. The molecule has 1 aliphatic heterocycles. The van der Waals surface area contributed by atoms with Crippen molar-refractivity contribution in [1.29, 1.82) is 0 Å². The summed E-state index contributed by atoms with van der Waals surface area (Å²) in [5.41, 5.74) is 2.31. The number of nitrogens with zero attached hydrogens (tertiary/aromatic N) is 2. The maximum absolute atomic E-state index is 12.6. The molecule has 2 heterocycles. The fourth-order valence-electron chi connectivity index (χ4n) is 4.33. The molecule has 1 N–H and O–H groups in total. The Morgan fingerprint density at radius 1 is 1.27 bits per heavy atom. The number of pyridine rings is 1. The van der Waals surface area contributed by atoms with E-state index in [-0.39, 0.29) is 11.5 Å². The van der Waals surface area contributed by atoms with E-state index in [0.29, 0.717) is 23.5 Å². The third-order valence-electron chi connectivity index (χ3n) is 6.00. The summed E-state index contributed by atoms with van der Waals surface area (Å²) >= 11 is 6.43. The van der Waals surface area contributed by atoms with Gasteiger partial charge in [-0.25, -0.2) is 0 Å². The zero-order valence-corrected chi connectivity index (χ0v) is 17.9. The van der Waals surface area contributed by atoms with Gasteiger partial charge in [-0.1, -0.05) is 36.4 Å². The minimum atomic E-state index is -0.513. The summed E-state index contributed by atoms with van der Waals surface area (Å²) in [4.78, 5) is 26.7. The van der Waals surface area contributed by atoms with Gasteiger partial charge in [0.1, 0.15) is 0 Å². The Morgan fingerprint density at radius 3 is 2.83 bits per heavy atom. The number of halogens is 1. The minimum absolute atomic E-state index is 0.0426. The van der Waals surface area contributed by atoms with Crippen molar-refractivity contribution in [3.63, 3.8) is 0 Å². The van der Waals surface area contributed by atoms with Crippen LogP contribution < -0.4 is 10.9 Å². The number of hydrogen-bond acceptors (Lipinski definition) is 3. The van der Waals surface area contributed by atoms with E-state index in [2.05, 4.69) is 18.0 Å². The van der Waals surface area contributed by atoms with E-state index in [4.69, 9.17) is 11.6 Å². The molecule has 3 aromatic rings. The highest BCUT2D eigenvalue weighted by atomic mass is 35.5. The highest BCUT2D eigenvalue weighted by Crippen LogP contribution is 2.39. The molecule has 0 aliphatic carbocycles. The second-order valence-electron chi connectivity index (χ2n) is 7.87. The van der Waals surface area contributed by atoms with Crippen molar-refractivity contribution >= 4 is 34.0 Å². The first kappa shape index (κ1) is 20.2. The van der Waals surface area contributed by atoms with Gasteiger partial charge in [0.2, 0.25) is 5.91 Å². The van der Waals surface area contributed by atoms with E-state index < -0.39 is 5.54 Å². The van der Waals surface area contributed by atoms with Crippen molar-refractivity contribution in [1.82, 2.24) is 9.47 Å². The van der Waals surface area contributed by atoms with Crippen molar-refractivity contribution in [2.75, 3.05) is 18.4 Å². The number of carbonyl (C=O) groups excluding carboxylic acids is 1. The van der Waals surface area contributed by atoms with Gasteiger partial charge in [0, 0.05) is 42.4 Å². The van der Waals surface area contributed by atoms with Crippen LogP contribution in [-0.4, -0.2) is 28.5 Å². The van der Waals surface area contributed by atoms with Crippen LogP contribution in [0.4, 0.5) is 5.69 Å². The van der Waals surface area contributed by atoms with E-state index in [9.17, 15) is 9.59 Å². The normalized spacial score (nSPS) is 18.6. The monoisotopic (exact) mass is 421 g/mol. The van der Waals surface area contributed by atoms with Gasteiger partial charge in [0.25, 0.3) is 5.56 Å². The summed E-state index contributed by atoms with van der Waals surface area (Å²) in [7, 11) is 1.74. The van der Waals surface area contributed by atoms with Gasteiger partial charge in [-0.15, -0.1) is 0 Å². The van der Waals surface area contributed by atoms with Crippen LogP contribution >= 0.6 is 11.6 Å². The third kappa shape index (κ3) is 3.39. The number of anilines is 1. The summed E-state index contributed by atoms with van der Waals surface area (Å²) in [6, 6.07) is 13.6. The van der Waals surface area contributed by atoms with Crippen LogP contribution in [0.5, 0.6) is 0 Å². The predicted molar refractivity (Wildman–Crippen MR) is 122 cm³/mol. The van der Waals surface area contributed by atoms with Gasteiger partial charge in [0.15, 0.2) is 0 Å². The van der Waals surface area contributed by atoms with Crippen molar-refractivity contribution in [2.24, 2.45) is 7.05 Å². The lowest BCUT2D eigenvalue weighted by Crippen LogP contribution is -2.40. The van der Waals surface area contributed by atoms with E-state index in [0.717, 1.165) is 28.6 Å². The average Bonchev–Trinajstić information content (AvgIpc) is 3.17. The number of nitrogens with one attached hydrogen (secondary N) is 1. The lowest BCUT2D eigenvalue weighted by atomic mass is 9.85. The second kappa shape index (κ2) is 7.65. The van der Waals surface area contributed by atoms with Crippen molar-refractivity contribution in [3.05, 3.63) is 87.8 Å². The van der Waals surface area contributed by atoms with Gasteiger partial charge in [-0.05, 0) is 60.2 Å². The van der Waals surface area contributed by atoms with Crippen molar-refractivity contribution in [2.45, 2.75) is 18.9 Å². The molecule has 1 aliphatic rings. The zero-order chi connectivity index (χ0) is 21.5. The van der Waals surface area contributed by atoms with Gasteiger partial charge in [-0.2, -0.15) is 0 Å². The van der Waals surface area contributed by atoms with Crippen LogP contribution in [0, 0.1) is 6.92 Å². The molecule has 1 aromatic heterocycles. The quantitative estimate of drug-likeness (QED) is 0.641. The Kier molecular flexibility index (Phi) is 5.16. The molecule has 0 radical (unpaired) electrons.